The van der Waals surface area contributed by atoms with Crippen molar-refractivity contribution in [3.05, 3.63) is 72.3 Å². The Morgan fingerprint density at radius 2 is 1.59 bits per heavy atom. The molecule has 3 aromatic rings. The summed E-state index contributed by atoms with van der Waals surface area (Å²) in [6, 6.07) is 19.7. The fourth-order valence-corrected chi connectivity index (χ4v) is 4.49. The number of nitrogens with one attached hydrogen (secondary N) is 1. The van der Waals surface area contributed by atoms with Crippen LogP contribution in [-0.4, -0.2) is 31.7 Å². The van der Waals surface area contributed by atoms with Crippen LogP contribution in [0.5, 0.6) is 0 Å². The van der Waals surface area contributed by atoms with Gasteiger partial charge < -0.3 is 5.32 Å². The van der Waals surface area contributed by atoms with Crippen molar-refractivity contribution in [2.24, 2.45) is 0 Å². The lowest BCUT2D eigenvalue weighted by Crippen LogP contribution is -2.30. The molecule has 0 radical (unpaired) electrons. The molecular weight excluding hydrogens is 360 g/mol. The van der Waals surface area contributed by atoms with Crippen molar-refractivity contribution in [2.75, 3.05) is 18.4 Å². The van der Waals surface area contributed by atoms with Gasteiger partial charge in [0.15, 0.2) is 0 Å². The third-order valence-electron chi connectivity index (χ3n) is 4.45. The van der Waals surface area contributed by atoms with Gasteiger partial charge in [-0.05, 0) is 41.1 Å². The average Bonchev–Trinajstić information content (AvgIpc) is 2.68. The van der Waals surface area contributed by atoms with Crippen LogP contribution in [0.3, 0.4) is 0 Å². The summed E-state index contributed by atoms with van der Waals surface area (Å²) in [4.78, 5) is 12.7. The standard InChI is InChI=1S/C21H22N2O3S/c1-3-23(4-2)27(25,26)20-11-7-10-18(15-20)21(24)22-19-13-12-16-8-5-6-9-17(16)14-19/h5-15H,3-4H2,1-2H3,(H,22,24). The molecule has 0 saturated carbocycles. The van der Waals surface area contributed by atoms with Crippen molar-refractivity contribution in [1.29, 1.82) is 0 Å². The molecular formula is C21H22N2O3S. The van der Waals surface area contributed by atoms with E-state index in [2.05, 4.69) is 5.32 Å². The molecule has 0 aliphatic rings. The van der Waals surface area contributed by atoms with Gasteiger partial charge in [0.1, 0.15) is 0 Å². The lowest BCUT2D eigenvalue weighted by atomic mass is 10.1. The molecule has 0 aromatic heterocycles. The molecule has 0 bridgehead atoms. The van der Waals surface area contributed by atoms with E-state index in [9.17, 15) is 13.2 Å². The van der Waals surface area contributed by atoms with Crippen molar-refractivity contribution < 1.29 is 13.2 Å². The van der Waals surface area contributed by atoms with Crippen LogP contribution in [0.1, 0.15) is 24.2 Å². The Morgan fingerprint density at radius 1 is 0.889 bits per heavy atom. The molecule has 0 aliphatic carbocycles. The first-order chi connectivity index (χ1) is 13.0. The zero-order chi connectivity index (χ0) is 19.4. The normalized spacial score (nSPS) is 11.7. The van der Waals surface area contributed by atoms with Crippen LogP contribution in [0.4, 0.5) is 5.69 Å². The Morgan fingerprint density at radius 3 is 2.30 bits per heavy atom. The molecule has 0 unspecified atom stereocenters. The maximum Gasteiger partial charge on any atom is 0.255 e. The van der Waals surface area contributed by atoms with Gasteiger partial charge in [0.2, 0.25) is 10.0 Å². The predicted molar refractivity (Wildman–Crippen MR) is 108 cm³/mol. The molecule has 0 aliphatic heterocycles. The Kier molecular flexibility index (Phi) is 5.58. The second-order valence-corrected chi connectivity index (χ2v) is 8.07. The number of sulfonamides is 1. The van der Waals surface area contributed by atoms with Crippen LogP contribution in [0.2, 0.25) is 0 Å². The second-order valence-electron chi connectivity index (χ2n) is 6.13. The van der Waals surface area contributed by atoms with Gasteiger partial charge in [-0.2, -0.15) is 4.31 Å². The number of nitrogens with zero attached hydrogens (tertiary/aromatic N) is 1. The molecule has 1 amide bonds. The molecule has 3 rings (SSSR count). The van der Waals surface area contributed by atoms with Crippen molar-refractivity contribution >= 4 is 32.4 Å². The van der Waals surface area contributed by atoms with E-state index in [-0.39, 0.29) is 10.8 Å². The summed E-state index contributed by atoms with van der Waals surface area (Å²) in [5, 5.41) is 4.95. The summed E-state index contributed by atoms with van der Waals surface area (Å²) in [6.45, 7) is 4.34. The summed E-state index contributed by atoms with van der Waals surface area (Å²) in [7, 11) is -3.61. The zero-order valence-corrected chi connectivity index (χ0v) is 16.2. The SMILES string of the molecule is CCN(CC)S(=O)(=O)c1cccc(C(=O)Nc2ccc3ccccc3c2)c1. The summed E-state index contributed by atoms with van der Waals surface area (Å²) in [5.74, 6) is -0.345. The van der Waals surface area contributed by atoms with E-state index in [1.165, 1.54) is 16.4 Å². The molecule has 140 valence electrons. The largest absolute Gasteiger partial charge is 0.322 e. The predicted octanol–water partition coefficient (Wildman–Crippen LogP) is 4.12. The van der Waals surface area contributed by atoms with E-state index in [0.29, 0.717) is 24.3 Å². The van der Waals surface area contributed by atoms with Crippen molar-refractivity contribution in [3.8, 4) is 0 Å². The molecule has 6 heteroatoms. The number of anilines is 1. The number of hydrogen-bond acceptors (Lipinski definition) is 3. The maximum atomic E-state index is 12.7. The zero-order valence-electron chi connectivity index (χ0n) is 15.3. The minimum atomic E-state index is -3.61. The molecule has 0 saturated heterocycles. The van der Waals surface area contributed by atoms with E-state index in [0.717, 1.165) is 10.8 Å². The summed E-state index contributed by atoms with van der Waals surface area (Å²) < 4.78 is 26.7. The van der Waals surface area contributed by atoms with Gasteiger partial charge >= 0.3 is 0 Å². The summed E-state index contributed by atoms with van der Waals surface area (Å²) in [5.41, 5.74) is 0.965. The quantitative estimate of drug-likeness (QED) is 0.697. The average molecular weight is 382 g/mol. The third kappa shape index (κ3) is 4.02. The third-order valence-corrected chi connectivity index (χ3v) is 6.49. The maximum absolute atomic E-state index is 12.7. The van der Waals surface area contributed by atoms with E-state index in [4.69, 9.17) is 0 Å². The fraction of sp³-hybridized carbons (Fsp3) is 0.190. The van der Waals surface area contributed by atoms with Crippen LogP contribution < -0.4 is 5.32 Å². The number of carbonyl (C=O) groups is 1. The lowest BCUT2D eigenvalue weighted by molar-refractivity contribution is 0.102. The van der Waals surface area contributed by atoms with E-state index < -0.39 is 10.0 Å². The lowest BCUT2D eigenvalue weighted by Gasteiger charge is -2.18. The topological polar surface area (TPSA) is 66.5 Å². The summed E-state index contributed by atoms with van der Waals surface area (Å²) >= 11 is 0. The fourth-order valence-electron chi connectivity index (χ4n) is 2.98. The molecule has 0 atom stereocenters. The van der Waals surface area contributed by atoms with Crippen molar-refractivity contribution in [2.45, 2.75) is 18.7 Å². The van der Waals surface area contributed by atoms with E-state index in [1.54, 1.807) is 26.0 Å². The van der Waals surface area contributed by atoms with Crippen molar-refractivity contribution in [3.63, 3.8) is 0 Å². The van der Waals surface area contributed by atoms with Gasteiger partial charge in [0.05, 0.1) is 4.90 Å². The molecule has 1 N–H and O–H groups in total. The highest BCUT2D eigenvalue weighted by Gasteiger charge is 2.22. The van der Waals surface area contributed by atoms with Crippen molar-refractivity contribution in [1.82, 2.24) is 4.31 Å². The molecule has 0 fully saturated rings. The minimum absolute atomic E-state index is 0.123. The van der Waals surface area contributed by atoms with Crippen LogP contribution in [0.15, 0.2) is 71.6 Å². The Balaban J connectivity index is 1.86. The Labute approximate surface area is 159 Å². The number of fused-ring (bicyclic) bond motifs is 1. The number of amides is 1. The highest BCUT2D eigenvalue weighted by molar-refractivity contribution is 7.89. The molecule has 27 heavy (non-hydrogen) atoms. The molecule has 3 aromatic carbocycles. The van der Waals surface area contributed by atoms with Gasteiger partial charge in [-0.25, -0.2) is 8.42 Å². The Bertz CT molecular complexity index is 1070. The van der Waals surface area contributed by atoms with Crippen LogP contribution in [0.25, 0.3) is 10.8 Å². The first kappa shape index (κ1) is 19.1. The number of rotatable bonds is 6. The van der Waals surface area contributed by atoms with Gasteiger partial charge in [-0.3, -0.25) is 4.79 Å². The minimum Gasteiger partial charge on any atom is -0.322 e. The Hall–Kier alpha value is -2.70. The number of benzene rings is 3. The van der Waals surface area contributed by atoms with Gasteiger partial charge in [0.25, 0.3) is 5.91 Å². The highest BCUT2D eigenvalue weighted by atomic mass is 32.2. The highest BCUT2D eigenvalue weighted by Crippen LogP contribution is 2.21. The second kappa shape index (κ2) is 7.90. The van der Waals surface area contributed by atoms with E-state index >= 15 is 0 Å². The number of carbonyl (C=O) groups excluding carboxylic acids is 1. The molecule has 5 nitrogen and oxygen atoms in total. The van der Waals surface area contributed by atoms with Crippen LogP contribution in [0, 0.1) is 0 Å². The first-order valence-electron chi connectivity index (χ1n) is 8.86. The van der Waals surface area contributed by atoms with E-state index in [1.807, 2.05) is 42.5 Å². The van der Waals surface area contributed by atoms with Gasteiger partial charge in [0, 0.05) is 24.3 Å². The van der Waals surface area contributed by atoms with Gasteiger partial charge in [-0.15, -0.1) is 0 Å². The smallest absolute Gasteiger partial charge is 0.255 e. The van der Waals surface area contributed by atoms with Crippen LogP contribution >= 0.6 is 0 Å². The monoisotopic (exact) mass is 382 g/mol. The first-order valence-corrected chi connectivity index (χ1v) is 10.3. The number of hydrogen-bond donors (Lipinski definition) is 1. The van der Waals surface area contributed by atoms with Gasteiger partial charge in [-0.1, -0.05) is 50.2 Å². The molecule has 0 spiro atoms. The summed E-state index contributed by atoms with van der Waals surface area (Å²) in [6.07, 6.45) is 0. The molecule has 0 heterocycles. The van der Waals surface area contributed by atoms with Crippen LogP contribution in [-0.2, 0) is 10.0 Å².